The van der Waals surface area contributed by atoms with Gasteiger partial charge in [-0.2, -0.15) is 4.58 Å². The molecule has 4 rings (SSSR count). The van der Waals surface area contributed by atoms with E-state index < -0.39 is 0 Å². The number of rotatable bonds is 1. The predicted octanol–water partition coefficient (Wildman–Crippen LogP) is 0.501. The minimum absolute atomic E-state index is 0. The number of benzene rings is 2. The van der Waals surface area contributed by atoms with Crippen LogP contribution in [0.4, 0.5) is 5.69 Å². The zero-order valence-corrected chi connectivity index (χ0v) is 14.4. The van der Waals surface area contributed by atoms with E-state index in [0.29, 0.717) is 6.79 Å². The number of fused-ring (bicyclic) bond motifs is 2. The molecule has 0 spiro atoms. The fourth-order valence-corrected chi connectivity index (χ4v) is 2.91. The summed E-state index contributed by atoms with van der Waals surface area (Å²) < 4.78 is 14.3. The summed E-state index contributed by atoms with van der Waals surface area (Å²) in [6, 6.07) is 12.6. The second kappa shape index (κ2) is 5.81. The van der Waals surface area contributed by atoms with Gasteiger partial charge in [-0.05, 0) is 29.8 Å². The Balaban J connectivity index is 0.00000132. The first-order valence-corrected chi connectivity index (χ1v) is 7.38. The van der Waals surface area contributed by atoms with Crippen LogP contribution in [0.3, 0.4) is 0 Å². The maximum absolute atomic E-state index is 5.45. The SMILES string of the molecule is Brc1ccc([N+]2=Cc3cc4c(cc3CC2)OCO4)cc1.[Br-]. The van der Waals surface area contributed by atoms with Gasteiger partial charge in [-0.15, -0.1) is 0 Å². The highest BCUT2D eigenvalue weighted by molar-refractivity contribution is 9.10. The molecule has 0 aliphatic carbocycles. The van der Waals surface area contributed by atoms with Crippen LogP contribution >= 0.6 is 15.9 Å². The molecule has 0 unspecified atom stereocenters. The molecule has 2 aromatic carbocycles. The molecule has 3 nitrogen and oxygen atoms in total. The van der Waals surface area contributed by atoms with E-state index in [9.17, 15) is 0 Å². The van der Waals surface area contributed by atoms with Crippen molar-refractivity contribution in [1.82, 2.24) is 0 Å². The quantitative estimate of drug-likeness (QED) is 0.638. The molecule has 0 saturated carbocycles. The molecule has 0 fully saturated rings. The van der Waals surface area contributed by atoms with Crippen LogP contribution in [0.1, 0.15) is 11.1 Å². The molecular weight excluding hydrogens is 398 g/mol. The van der Waals surface area contributed by atoms with Crippen molar-refractivity contribution in [2.75, 3.05) is 13.3 Å². The van der Waals surface area contributed by atoms with Crippen molar-refractivity contribution < 1.29 is 31.0 Å². The van der Waals surface area contributed by atoms with Crippen LogP contribution in [-0.4, -0.2) is 24.1 Å². The molecular formula is C16H13Br2NO2. The van der Waals surface area contributed by atoms with Crippen molar-refractivity contribution in [3.05, 3.63) is 52.0 Å². The van der Waals surface area contributed by atoms with E-state index in [4.69, 9.17) is 9.47 Å². The standard InChI is InChI=1S/C16H13BrNO2.BrH/c17-13-1-3-14(4-2-13)18-6-5-11-7-15-16(20-10-19-15)8-12(11)9-18;/h1-4,7-9H,5-6,10H2;1H/q+1;/p-1. The largest absolute Gasteiger partial charge is 1.00 e. The zero-order valence-electron chi connectivity index (χ0n) is 11.2. The van der Waals surface area contributed by atoms with Crippen LogP contribution in [0.5, 0.6) is 11.5 Å². The van der Waals surface area contributed by atoms with Gasteiger partial charge < -0.3 is 26.5 Å². The topological polar surface area (TPSA) is 21.5 Å². The molecule has 21 heavy (non-hydrogen) atoms. The average molecular weight is 411 g/mol. The molecule has 2 aliphatic rings. The minimum atomic E-state index is 0. The zero-order chi connectivity index (χ0) is 13.5. The summed E-state index contributed by atoms with van der Waals surface area (Å²) in [6.45, 7) is 1.31. The Kier molecular flexibility index (Phi) is 4.04. The number of hydrogen-bond acceptors (Lipinski definition) is 2. The van der Waals surface area contributed by atoms with Gasteiger partial charge in [0.2, 0.25) is 12.5 Å². The van der Waals surface area contributed by atoms with Crippen LogP contribution in [-0.2, 0) is 6.42 Å². The van der Waals surface area contributed by atoms with Crippen molar-refractivity contribution >= 4 is 27.8 Å². The van der Waals surface area contributed by atoms with E-state index in [1.54, 1.807) is 0 Å². The molecule has 0 aromatic heterocycles. The molecule has 0 amide bonds. The lowest BCUT2D eigenvalue weighted by molar-refractivity contribution is -0.436. The molecule has 0 saturated heterocycles. The van der Waals surface area contributed by atoms with Crippen molar-refractivity contribution in [3.63, 3.8) is 0 Å². The van der Waals surface area contributed by atoms with Gasteiger partial charge in [0.15, 0.2) is 24.3 Å². The first kappa shape index (κ1) is 14.6. The van der Waals surface area contributed by atoms with Gasteiger partial charge in [0.1, 0.15) is 0 Å². The van der Waals surface area contributed by atoms with E-state index in [-0.39, 0.29) is 17.0 Å². The van der Waals surface area contributed by atoms with Gasteiger partial charge in [-0.3, -0.25) is 0 Å². The summed E-state index contributed by atoms with van der Waals surface area (Å²) in [6.07, 6.45) is 3.20. The van der Waals surface area contributed by atoms with Gasteiger partial charge in [-0.25, -0.2) is 0 Å². The summed E-state index contributed by atoms with van der Waals surface area (Å²) in [7, 11) is 0. The highest BCUT2D eigenvalue weighted by Gasteiger charge is 2.23. The van der Waals surface area contributed by atoms with Crippen molar-refractivity contribution in [3.8, 4) is 11.5 Å². The smallest absolute Gasteiger partial charge is 0.231 e. The average Bonchev–Trinajstić information content (AvgIpc) is 2.92. The van der Waals surface area contributed by atoms with Gasteiger partial charge in [0.05, 0.1) is 0 Å². The fourth-order valence-electron chi connectivity index (χ4n) is 2.65. The molecule has 108 valence electrons. The Morgan fingerprint density at radius 3 is 2.48 bits per heavy atom. The second-order valence-corrected chi connectivity index (χ2v) is 5.87. The van der Waals surface area contributed by atoms with Crippen molar-refractivity contribution in [2.24, 2.45) is 0 Å². The number of ether oxygens (including phenoxy) is 2. The lowest BCUT2D eigenvalue weighted by atomic mass is 10.0. The molecule has 0 radical (unpaired) electrons. The third-order valence-corrected chi connectivity index (χ3v) is 4.24. The third-order valence-electron chi connectivity index (χ3n) is 3.71. The Morgan fingerprint density at radius 2 is 1.71 bits per heavy atom. The second-order valence-electron chi connectivity index (χ2n) is 4.95. The monoisotopic (exact) mass is 409 g/mol. The normalized spacial score (nSPS) is 15.0. The maximum atomic E-state index is 5.45. The summed E-state index contributed by atoms with van der Waals surface area (Å²) in [4.78, 5) is 0. The first-order chi connectivity index (χ1) is 9.79. The third kappa shape index (κ3) is 2.72. The molecule has 2 aliphatic heterocycles. The Labute approximate surface area is 142 Å². The highest BCUT2D eigenvalue weighted by atomic mass is 79.9. The van der Waals surface area contributed by atoms with Gasteiger partial charge >= 0.3 is 0 Å². The summed E-state index contributed by atoms with van der Waals surface area (Å²) >= 11 is 3.47. The maximum Gasteiger partial charge on any atom is 0.231 e. The molecule has 2 heterocycles. The molecule has 0 bridgehead atoms. The van der Waals surface area contributed by atoms with Gasteiger partial charge in [-0.1, -0.05) is 15.9 Å². The fraction of sp³-hybridized carbons (Fsp3) is 0.188. The molecule has 2 aromatic rings. The molecule has 5 heteroatoms. The molecule has 0 atom stereocenters. The van der Waals surface area contributed by atoms with E-state index in [1.165, 1.54) is 16.8 Å². The Hall–Kier alpha value is -1.33. The van der Waals surface area contributed by atoms with Crippen LogP contribution in [0, 0.1) is 0 Å². The van der Waals surface area contributed by atoms with E-state index in [2.05, 4.69) is 63.1 Å². The number of halogens is 2. The van der Waals surface area contributed by atoms with Crippen molar-refractivity contribution in [1.29, 1.82) is 0 Å². The van der Waals surface area contributed by atoms with Gasteiger partial charge in [0, 0.05) is 28.6 Å². The Bertz CT molecular complexity index is 711. The van der Waals surface area contributed by atoms with Crippen LogP contribution < -0.4 is 26.5 Å². The highest BCUT2D eigenvalue weighted by Crippen LogP contribution is 2.35. The van der Waals surface area contributed by atoms with E-state index in [0.717, 1.165) is 28.9 Å². The first-order valence-electron chi connectivity index (χ1n) is 6.59. The lowest BCUT2D eigenvalue weighted by Gasteiger charge is -2.12. The predicted molar refractivity (Wildman–Crippen MR) is 80.4 cm³/mol. The van der Waals surface area contributed by atoms with Crippen LogP contribution in [0.15, 0.2) is 40.9 Å². The number of hydrogen-bond donors (Lipinski definition) is 0. The van der Waals surface area contributed by atoms with Crippen LogP contribution in [0.25, 0.3) is 0 Å². The summed E-state index contributed by atoms with van der Waals surface area (Å²) in [5, 5.41) is 0. The van der Waals surface area contributed by atoms with E-state index in [1.807, 2.05) is 0 Å². The summed E-state index contributed by atoms with van der Waals surface area (Å²) in [5.74, 6) is 1.71. The number of nitrogens with zero attached hydrogens (tertiary/aromatic N) is 1. The minimum Gasteiger partial charge on any atom is -1.00 e. The molecule has 0 N–H and O–H groups in total. The van der Waals surface area contributed by atoms with Crippen LogP contribution in [0.2, 0.25) is 0 Å². The van der Waals surface area contributed by atoms with Gasteiger partial charge in [0.25, 0.3) is 0 Å². The Morgan fingerprint density at radius 1 is 1.00 bits per heavy atom. The lowest BCUT2D eigenvalue weighted by Crippen LogP contribution is -3.00. The van der Waals surface area contributed by atoms with Crippen molar-refractivity contribution in [2.45, 2.75) is 6.42 Å². The summed E-state index contributed by atoms with van der Waals surface area (Å²) in [5.41, 5.74) is 3.74. The van der Waals surface area contributed by atoms with E-state index >= 15 is 0 Å².